The Bertz CT molecular complexity index is 563. The topological polar surface area (TPSA) is 76.7 Å². The molecule has 0 amide bonds. The Labute approximate surface area is 115 Å². The predicted octanol–water partition coefficient (Wildman–Crippen LogP) is 1.92. The van der Waals surface area contributed by atoms with Crippen LogP contribution >= 0.6 is 11.5 Å². The first-order valence-corrected chi connectivity index (χ1v) is 6.60. The molecule has 1 unspecified atom stereocenters. The molecule has 19 heavy (non-hydrogen) atoms. The maximum absolute atomic E-state index is 13.3. The molecule has 0 fully saturated rings. The number of halogens is 1. The van der Waals surface area contributed by atoms with Crippen LogP contribution in [0.25, 0.3) is 0 Å². The Balaban J connectivity index is 2.46. The first kappa shape index (κ1) is 14.0. The molecule has 3 N–H and O–H groups in total. The van der Waals surface area contributed by atoms with Gasteiger partial charge in [0.15, 0.2) is 0 Å². The van der Waals surface area contributed by atoms with Crippen molar-refractivity contribution in [3.05, 3.63) is 40.4 Å². The van der Waals surface area contributed by atoms with Crippen molar-refractivity contribution >= 4 is 11.5 Å². The Morgan fingerprint density at radius 3 is 2.68 bits per heavy atom. The van der Waals surface area contributed by atoms with Crippen LogP contribution in [0.1, 0.15) is 42.9 Å². The van der Waals surface area contributed by atoms with Crippen molar-refractivity contribution in [2.24, 2.45) is 5.84 Å². The summed E-state index contributed by atoms with van der Waals surface area (Å²) in [6, 6.07) is 1.04. The molecular weight excluding hydrogens is 265 g/mol. The molecule has 2 rings (SSSR count). The minimum atomic E-state index is -0.396. The van der Waals surface area contributed by atoms with Crippen molar-refractivity contribution in [3.8, 4) is 0 Å². The zero-order chi connectivity index (χ0) is 14.0. The van der Waals surface area contributed by atoms with Crippen LogP contribution in [0, 0.1) is 5.82 Å². The summed E-state index contributed by atoms with van der Waals surface area (Å²) in [6.45, 7) is 6.14. The lowest BCUT2D eigenvalue weighted by molar-refractivity contribution is 0.541. The van der Waals surface area contributed by atoms with Crippen LogP contribution in [0.2, 0.25) is 0 Å². The van der Waals surface area contributed by atoms with Gasteiger partial charge in [0.25, 0.3) is 0 Å². The molecule has 2 heterocycles. The SMILES string of the molecule is CC(C)(C)c1nnsc1C(NN)c1cncc(F)c1. The Morgan fingerprint density at radius 1 is 1.37 bits per heavy atom. The number of nitrogens with two attached hydrogens (primary N) is 1. The van der Waals surface area contributed by atoms with Crippen molar-refractivity contribution in [2.75, 3.05) is 0 Å². The average Bonchev–Trinajstić information content (AvgIpc) is 2.79. The smallest absolute Gasteiger partial charge is 0.141 e. The lowest BCUT2D eigenvalue weighted by Crippen LogP contribution is -2.30. The Morgan fingerprint density at radius 2 is 2.11 bits per heavy atom. The quantitative estimate of drug-likeness (QED) is 0.664. The first-order valence-electron chi connectivity index (χ1n) is 5.83. The van der Waals surface area contributed by atoms with E-state index in [0.717, 1.165) is 16.8 Å². The van der Waals surface area contributed by atoms with Crippen LogP contribution in [-0.4, -0.2) is 14.6 Å². The highest BCUT2D eigenvalue weighted by atomic mass is 32.1. The normalized spacial score (nSPS) is 13.5. The molecule has 102 valence electrons. The summed E-state index contributed by atoms with van der Waals surface area (Å²) in [5.41, 5.74) is 4.03. The van der Waals surface area contributed by atoms with E-state index in [1.165, 1.54) is 17.6 Å². The highest BCUT2D eigenvalue weighted by Gasteiger charge is 2.28. The molecule has 1 atom stereocenters. The number of hydrogen-bond acceptors (Lipinski definition) is 6. The van der Waals surface area contributed by atoms with Gasteiger partial charge in [0, 0.05) is 11.6 Å². The van der Waals surface area contributed by atoms with Crippen LogP contribution in [0.4, 0.5) is 4.39 Å². The molecule has 0 aliphatic rings. The van der Waals surface area contributed by atoms with Crippen molar-refractivity contribution in [1.29, 1.82) is 0 Å². The highest BCUT2D eigenvalue weighted by molar-refractivity contribution is 7.05. The van der Waals surface area contributed by atoms with E-state index in [-0.39, 0.29) is 11.5 Å². The molecule has 5 nitrogen and oxygen atoms in total. The molecule has 0 aliphatic heterocycles. The Hall–Kier alpha value is -1.44. The molecule has 0 bridgehead atoms. The second-order valence-electron chi connectivity index (χ2n) is 5.27. The Kier molecular flexibility index (Phi) is 3.88. The largest absolute Gasteiger partial charge is 0.271 e. The van der Waals surface area contributed by atoms with Gasteiger partial charge in [-0.3, -0.25) is 10.8 Å². The fourth-order valence-corrected chi connectivity index (χ4v) is 2.77. The van der Waals surface area contributed by atoms with Gasteiger partial charge in [-0.15, -0.1) is 5.10 Å². The van der Waals surface area contributed by atoms with Gasteiger partial charge in [0.05, 0.1) is 22.8 Å². The predicted molar refractivity (Wildman–Crippen MR) is 72.0 cm³/mol. The maximum Gasteiger partial charge on any atom is 0.141 e. The third-order valence-electron chi connectivity index (χ3n) is 2.71. The van der Waals surface area contributed by atoms with E-state index in [4.69, 9.17) is 5.84 Å². The van der Waals surface area contributed by atoms with Gasteiger partial charge in [-0.05, 0) is 23.2 Å². The molecule has 0 saturated heterocycles. The van der Waals surface area contributed by atoms with Gasteiger partial charge in [0.1, 0.15) is 5.82 Å². The number of hydrogen-bond donors (Lipinski definition) is 2. The number of hydrazine groups is 1. The van der Waals surface area contributed by atoms with Crippen LogP contribution in [0.3, 0.4) is 0 Å². The fourth-order valence-electron chi connectivity index (χ4n) is 1.82. The molecule has 2 aromatic rings. The van der Waals surface area contributed by atoms with E-state index in [1.54, 1.807) is 6.20 Å². The van der Waals surface area contributed by atoms with E-state index < -0.39 is 5.82 Å². The summed E-state index contributed by atoms with van der Waals surface area (Å²) >= 11 is 1.26. The van der Waals surface area contributed by atoms with Crippen molar-refractivity contribution in [1.82, 2.24) is 20.0 Å². The number of rotatable bonds is 3. The molecule has 0 aliphatic carbocycles. The third-order valence-corrected chi connectivity index (χ3v) is 3.50. The molecule has 7 heteroatoms. The molecular formula is C12H16FN5S. The minimum absolute atomic E-state index is 0.155. The second kappa shape index (κ2) is 5.28. The third kappa shape index (κ3) is 2.94. The molecule has 0 spiro atoms. The van der Waals surface area contributed by atoms with E-state index in [1.807, 2.05) is 20.8 Å². The summed E-state index contributed by atoms with van der Waals surface area (Å²) in [7, 11) is 0. The number of pyridine rings is 1. The van der Waals surface area contributed by atoms with Crippen LogP contribution < -0.4 is 11.3 Å². The fraction of sp³-hybridized carbons (Fsp3) is 0.417. The summed E-state index contributed by atoms with van der Waals surface area (Å²) in [5.74, 6) is 5.21. The molecule has 2 aromatic heterocycles. The summed E-state index contributed by atoms with van der Waals surface area (Å²) in [5, 5.41) is 4.16. The number of nitrogens with one attached hydrogen (secondary N) is 1. The average molecular weight is 281 g/mol. The highest BCUT2D eigenvalue weighted by Crippen LogP contribution is 2.33. The summed E-state index contributed by atoms with van der Waals surface area (Å²) < 4.78 is 17.3. The van der Waals surface area contributed by atoms with Crippen LogP contribution in [-0.2, 0) is 5.41 Å². The van der Waals surface area contributed by atoms with Crippen molar-refractivity contribution in [2.45, 2.75) is 32.2 Å². The molecule has 0 saturated carbocycles. The van der Waals surface area contributed by atoms with Gasteiger partial charge >= 0.3 is 0 Å². The number of nitrogens with zero attached hydrogens (tertiary/aromatic N) is 3. The van der Waals surface area contributed by atoms with Crippen molar-refractivity contribution in [3.63, 3.8) is 0 Å². The van der Waals surface area contributed by atoms with E-state index in [9.17, 15) is 4.39 Å². The monoisotopic (exact) mass is 281 g/mol. The van der Waals surface area contributed by atoms with Crippen molar-refractivity contribution < 1.29 is 4.39 Å². The lowest BCUT2D eigenvalue weighted by Gasteiger charge is -2.21. The molecule has 0 radical (unpaired) electrons. The maximum atomic E-state index is 13.3. The van der Waals surface area contributed by atoms with E-state index in [2.05, 4.69) is 20.0 Å². The number of aromatic nitrogens is 3. The van der Waals surface area contributed by atoms with Gasteiger partial charge in [0.2, 0.25) is 0 Å². The molecule has 0 aromatic carbocycles. The minimum Gasteiger partial charge on any atom is -0.271 e. The first-order chi connectivity index (χ1) is 8.93. The van der Waals surface area contributed by atoms with Gasteiger partial charge in [-0.25, -0.2) is 9.82 Å². The lowest BCUT2D eigenvalue weighted by atomic mass is 9.89. The van der Waals surface area contributed by atoms with Gasteiger partial charge < -0.3 is 0 Å². The van der Waals surface area contributed by atoms with Crippen LogP contribution in [0.5, 0.6) is 0 Å². The second-order valence-corrected chi connectivity index (χ2v) is 6.06. The zero-order valence-electron chi connectivity index (χ0n) is 11.0. The van der Waals surface area contributed by atoms with Crippen LogP contribution in [0.15, 0.2) is 18.5 Å². The summed E-state index contributed by atoms with van der Waals surface area (Å²) in [6.07, 6.45) is 2.74. The van der Waals surface area contributed by atoms with E-state index in [0.29, 0.717) is 5.56 Å². The van der Waals surface area contributed by atoms with Gasteiger partial charge in [-0.2, -0.15) is 0 Å². The summed E-state index contributed by atoms with van der Waals surface area (Å²) in [4.78, 5) is 4.73. The van der Waals surface area contributed by atoms with Gasteiger partial charge in [-0.1, -0.05) is 25.3 Å². The zero-order valence-corrected chi connectivity index (χ0v) is 11.8. The van der Waals surface area contributed by atoms with E-state index >= 15 is 0 Å². The standard InChI is InChI=1S/C12H16FN5S/c1-12(2,3)11-10(19-18-17-11)9(16-14)7-4-8(13)6-15-5-7/h4-6,9,16H,14H2,1-3H3.